The van der Waals surface area contributed by atoms with Crippen molar-refractivity contribution in [3.8, 4) is 0 Å². The van der Waals surface area contributed by atoms with Crippen LogP contribution in [0.5, 0.6) is 0 Å². The van der Waals surface area contributed by atoms with Crippen molar-refractivity contribution in [3.05, 3.63) is 0 Å². The quantitative estimate of drug-likeness (QED) is 0.630. The van der Waals surface area contributed by atoms with Crippen LogP contribution in [0.1, 0.15) is 66.7 Å². The van der Waals surface area contributed by atoms with Crippen molar-refractivity contribution in [2.45, 2.75) is 72.8 Å². The van der Waals surface area contributed by atoms with Crippen LogP contribution in [0, 0.1) is 23.7 Å². The molecular weight excluding hydrogens is 246 g/mol. The number of unbranched alkanes of at least 4 members (excludes halogenated alkanes) is 1. The third-order valence-corrected chi connectivity index (χ3v) is 4.59. The Balaban J connectivity index is 2.12. The van der Waals surface area contributed by atoms with Gasteiger partial charge in [-0.1, -0.05) is 41.0 Å². The highest BCUT2D eigenvalue weighted by atomic mass is 16.5. The summed E-state index contributed by atoms with van der Waals surface area (Å²) in [5.41, 5.74) is 0. The highest BCUT2D eigenvalue weighted by Gasteiger charge is 2.31. The first-order valence-corrected chi connectivity index (χ1v) is 8.83. The molecule has 0 bridgehead atoms. The zero-order chi connectivity index (χ0) is 15.0. The Morgan fingerprint density at radius 1 is 1.10 bits per heavy atom. The van der Waals surface area contributed by atoms with Gasteiger partial charge in [0.25, 0.3) is 0 Å². The minimum Gasteiger partial charge on any atom is -0.378 e. The van der Waals surface area contributed by atoms with E-state index < -0.39 is 0 Å². The smallest absolute Gasteiger partial charge is 0.0608 e. The van der Waals surface area contributed by atoms with Gasteiger partial charge in [0.05, 0.1) is 6.10 Å². The first-order valence-electron chi connectivity index (χ1n) is 8.83. The molecule has 1 aliphatic carbocycles. The standard InChI is InChI=1S/C18H37NO/c1-14(2)13-19-10-6-7-11-20-18-12-16(5)8-9-17(18)15(3)4/h14-19H,6-13H2,1-5H3. The number of hydrogen-bond donors (Lipinski definition) is 1. The van der Waals surface area contributed by atoms with E-state index in [0.717, 1.165) is 43.4 Å². The van der Waals surface area contributed by atoms with E-state index in [4.69, 9.17) is 4.74 Å². The van der Waals surface area contributed by atoms with Crippen LogP contribution in [0.15, 0.2) is 0 Å². The van der Waals surface area contributed by atoms with Crippen LogP contribution in [-0.2, 0) is 4.74 Å². The predicted octanol–water partition coefficient (Wildman–Crippen LogP) is 4.49. The van der Waals surface area contributed by atoms with Crippen molar-refractivity contribution in [1.82, 2.24) is 5.32 Å². The van der Waals surface area contributed by atoms with E-state index in [2.05, 4.69) is 39.9 Å². The average molecular weight is 284 g/mol. The fourth-order valence-electron chi connectivity index (χ4n) is 3.28. The minimum atomic E-state index is 0.516. The van der Waals surface area contributed by atoms with Crippen LogP contribution < -0.4 is 5.32 Å². The highest BCUT2D eigenvalue weighted by molar-refractivity contribution is 4.81. The van der Waals surface area contributed by atoms with E-state index in [1.54, 1.807) is 0 Å². The molecule has 0 aromatic carbocycles. The zero-order valence-electron chi connectivity index (χ0n) is 14.5. The molecule has 1 aliphatic rings. The fraction of sp³-hybridized carbons (Fsp3) is 1.00. The molecule has 3 atom stereocenters. The molecule has 0 amide bonds. The molecule has 0 radical (unpaired) electrons. The van der Waals surface area contributed by atoms with Gasteiger partial charge in [0.2, 0.25) is 0 Å². The molecule has 3 unspecified atom stereocenters. The highest BCUT2D eigenvalue weighted by Crippen LogP contribution is 2.35. The van der Waals surface area contributed by atoms with Crippen molar-refractivity contribution in [2.75, 3.05) is 19.7 Å². The molecule has 120 valence electrons. The van der Waals surface area contributed by atoms with Crippen LogP contribution in [-0.4, -0.2) is 25.8 Å². The summed E-state index contributed by atoms with van der Waals surface area (Å²) >= 11 is 0. The minimum absolute atomic E-state index is 0.516. The predicted molar refractivity (Wildman–Crippen MR) is 88.0 cm³/mol. The number of hydrogen-bond acceptors (Lipinski definition) is 2. The molecule has 1 saturated carbocycles. The maximum absolute atomic E-state index is 6.23. The van der Waals surface area contributed by atoms with E-state index >= 15 is 0 Å². The molecule has 1 fully saturated rings. The van der Waals surface area contributed by atoms with Gasteiger partial charge in [-0.25, -0.2) is 0 Å². The van der Waals surface area contributed by atoms with Crippen LogP contribution in [0.4, 0.5) is 0 Å². The lowest BCUT2D eigenvalue weighted by Crippen LogP contribution is -2.34. The van der Waals surface area contributed by atoms with E-state index in [0.29, 0.717) is 6.10 Å². The molecule has 0 heterocycles. The second kappa shape index (κ2) is 9.78. The lowest BCUT2D eigenvalue weighted by molar-refractivity contribution is -0.0393. The van der Waals surface area contributed by atoms with Gasteiger partial charge >= 0.3 is 0 Å². The summed E-state index contributed by atoms with van der Waals surface area (Å²) in [6, 6.07) is 0. The molecule has 2 heteroatoms. The Kier molecular flexibility index (Phi) is 8.79. The third-order valence-electron chi connectivity index (χ3n) is 4.59. The van der Waals surface area contributed by atoms with Gasteiger partial charge in [0.1, 0.15) is 0 Å². The third kappa shape index (κ3) is 7.08. The summed E-state index contributed by atoms with van der Waals surface area (Å²) in [5, 5.41) is 3.50. The maximum atomic E-state index is 6.23. The lowest BCUT2D eigenvalue weighted by atomic mass is 9.75. The van der Waals surface area contributed by atoms with Crippen molar-refractivity contribution >= 4 is 0 Å². The molecule has 1 rings (SSSR count). The van der Waals surface area contributed by atoms with E-state index in [1.807, 2.05) is 0 Å². The van der Waals surface area contributed by atoms with Crippen molar-refractivity contribution in [2.24, 2.45) is 23.7 Å². The van der Waals surface area contributed by atoms with Gasteiger partial charge in [-0.3, -0.25) is 0 Å². The summed E-state index contributed by atoms with van der Waals surface area (Å²) in [6.45, 7) is 14.8. The lowest BCUT2D eigenvalue weighted by Gasteiger charge is -2.37. The Morgan fingerprint density at radius 2 is 1.85 bits per heavy atom. The van der Waals surface area contributed by atoms with Gasteiger partial charge < -0.3 is 10.1 Å². The Labute approximate surface area is 127 Å². The molecule has 1 N–H and O–H groups in total. The monoisotopic (exact) mass is 283 g/mol. The molecule has 0 spiro atoms. The second-order valence-corrected chi connectivity index (χ2v) is 7.54. The van der Waals surface area contributed by atoms with Gasteiger partial charge in [-0.15, -0.1) is 0 Å². The molecule has 0 aliphatic heterocycles. The van der Waals surface area contributed by atoms with E-state index in [9.17, 15) is 0 Å². The second-order valence-electron chi connectivity index (χ2n) is 7.54. The molecule has 0 aromatic heterocycles. The van der Waals surface area contributed by atoms with Crippen LogP contribution in [0.2, 0.25) is 0 Å². The molecule has 0 aromatic rings. The fourth-order valence-corrected chi connectivity index (χ4v) is 3.28. The normalized spacial score (nSPS) is 27.4. The first-order chi connectivity index (χ1) is 9.50. The van der Waals surface area contributed by atoms with E-state index in [-0.39, 0.29) is 0 Å². The maximum Gasteiger partial charge on any atom is 0.0608 e. The van der Waals surface area contributed by atoms with E-state index in [1.165, 1.54) is 32.1 Å². The number of rotatable bonds is 9. The Bertz CT molecular complexity index is 240. The number of ether oxygens (including phenoxy) is 1. The Hall–Kier alpha value is -0.0800. The first kappa shape index (κ1) is 18.0. The Morgan fingerprint density at radius 3 is 2.50 bits per heavy atom. The summed E-state index contributed by atoms with van der Waals surface area (Å²) < 4.78 is 6.23. The summed E-state index contributed by atoms with van der Waals surface area (Å²) in [6.07, 6.45) is 6.97. The van der Waals surface area contributed by atoms with Gasteiger partial charge in [0, 0.05) is 6.61 Å². The van der Waals surface area contributed by atoms with Crippen LogP contribution in [0.25, 0.3) is 0 Å². The largest absolute Gasteiger partial charge is 0.378 e. The SMILES string of the molecule is CC(C)CNCCCCOC1CC(C)CCC1C(C)C. The van der Waals surface area contributed by atoms with Crippen LogP contribution in [0.3, 0.4) is 0 Å². The molecule has 0 saturated heterocycles. The topological polar surface area (TPSA) is 21.3 Å². The summed E-state index contributed by atoms with van der Waals surface area (Å²) in [5.74, 6) is 3.15. The van der Waals surface area contributed by atoms with Crippen molar-refractivity contribution in [1.29, 1.82) is 0 Å². The van der Waals surface area contributed by atoms with Crippen LogP contribution >= 0.6 is 0 Å². The summed E-state index contributed by atoms with van der Waals surface area (Å²) in [4.78, 5) is 0. The number of nitrogens with one attached hydrogen (secondary N) is 1. The van der Waals surface area contributed by atoms with Crippen molar-refractivity contribution in [3.63, 3.8) is 0 Å². The molecular formula is C18H37NO. The molecule has 2 nitrogen and oxygen atoms in total. The average Bonchev–Trinajstić information content (AvgIpc) is 2.37. The van der Waals surface area contributed by atoms with Gasteiger partial charge in [-0.2, -0.15) is 0 Å². The van der Waals surface area contributed by atoms with Crippen molar-refractivity contribution < 1.29 is 4.74 Å². The zero-order valence-corrected chi connectivity index (χ0v) is 14.5. The summed E-state index contributed by atoms with van der Waals surface area (Å²) in [7, 11) is 0. The molecule has 20 heavy (non-hydrogen) atoms. The van der Waals surface area contributed by atoms with Gasteiger partial charge in [0.15, 0.2) is 0 Å². The van der Waals surface area contributed by atoms with Gasteiger partial charge in [-0.05, 0) is 62.4 Å².